The van der Waals surface area contributed by atoms with Crippen molar-refractivity contribution in [2.24, 2.45) is 5.73 Å². The van der Waals surface area contributed by atoms with Gasteiger partial charge in [-0.25, -0.2) is 4.39 Å². The second kappa shape index (κ2) is 8.12. The molecule has 0 saturated carbocycles. The molecule has 0 spiro atoms. The zero-order valence-corrected chi connectivity index (χ0v) is 12.2. The second-order valence-corrected chi connectivity index (χ2v) is 4.91. The van der Waals surface area contributed by atoms with Gasteiger partial charge in [0, 0.05) is 12.3 Å². The molecule has 0 amide bonds. The molecule has 0 aliphatic rings. The Kier molecular flexibility index (Phi) is 6.80. The molecule has 0 saturated heterocycles. The highest BCUT2D eigenvalue weighted by atomic mass is 19.4. The van der Waals surface area contributed by atoms with E-state index in [1.54, 1.807) is 6.92 Å². The van der Waals surface area contributed by atoms with Gasteiger partial charge in [0.1, 0.15) is 0 Å². The lowest BCUT2D eigenvalue weighted by Crippen LogP contribution is -2.23. The van der Waals surface area contributed by atoms with Gasteiger partial charge in [0.15, 0.2) is 0 Å². The van der Waals surface area contributed by atoms with Gasteiger partial charge in [-0.15, -0.1) is 0 Å². The van der Waals surface area contributed by atoms with Crippen molar-refractivity contribution in [1.29, 1.82) is 0 Å². The molecule has 0 aliphatic carbocycles. The first-order chi connectivity index (χ1) is 10.3. The molecule has 1 aromatic carbocycles. The molecule has 0 aromatic heterocycles. The van der Waals surface area contributed by atoms with E-state index in [1.165, 1.54) is 18.2 Å². The number of halogens is 4. The van der Waals surface area contributed by atoms with Crippen molar-refractivity contribution in [3.8, 4) is 0 Å². The molecule has 1 aromatic rings. The lowest BCUT2D eigenvalue weighted by molar-refractivity contribution is -0.159. The van der Waals surface area contributed by atoms with Gasteiger partial charge in [-0.3, -0.25) is 4.79 Å². The first kappa shape index (κ1) is 18.4. The van der Waals surface area contributed by atoms with Crippen LogP contribution in [0.2, 0.25) is 0 Å². The third kappa shape index (κ3) is 5.29. The molecule has 3 nitrogen and oxygen atoms in total. The van der Waals surface area contributed by atoms with Crippen LogP contribution in [0.5, 0.6) is 0 Å². The minimum Gasteiger partial charge on any atom is -0.431 e. The smallest absolute Gasteiger partial charge is 0.416 e. The molecule has 124 valence electrons. The first-order valence-electron chi connectivity index (χ1n) is 6.99. The van der Waals surface area contributed by atoms with Gasteiger partial charge in [-0.05, 0) is 24.6 Å². The van der Waals surface area contributed by atoms with Crippen molar-refractivity contribution in [3.63, 3.8) is 0 Å². The van der Waals surface area contributed by atoms with Crippen LogP contribution in [0.3, 0.4) is 0 Å². The van der Waals surface area contributed by atoms with Gasteiger partial charge >= 0.3 is 12.1 Å². The maximum absolute atomic E-state index is 13.2. The van der Waals surface area contributed by atoms with Crippen LogP contribution in [0.25, 0.3) is 0 Å². The molecular weight excluding hydrogens is 302 g/mol. The van der Waals surface area contributed by atoms with Crippen molar-refractivity contribution in [1.82, 2.24) is 0 Å². The molecule has 0 fully saturated rings. The van der Waals surface area contributed by atoms with Crippen LogP contribution in [0.1, 0.15) is 43.2 Å². The lowest BCUT2D eigenvalue weighted by atomic mass is 9.91. The SMILES string of the molecule is CCCC(F)OC(=O)CC(CN)c1ccccc1C(F)(F)F. The third-order valence-corrected chi connectivity index (χ3v) is 3.18. The van der Waals surface area contributed by atoms with E-state index in [9.17, 15) is 22.4 Å². The number of esters is 1. The van der Waals surface area contributed by atoms with Crippen molar-refractivity contribution in [2.45, 2.75) is 44.6 Å². The monoisotopic (exact) mass is 321 g/mol. The summed E-state index contributed by atoms with van der Waals surface area (Å²) < 4.78 is 56.7. The quantitative estimate of drug-likeness (QED) is 0.614. The normalized spacial score (nSPS) is 14.5. The van der Waals surface area contributed by atoms with Crippen LogP contribution < -0.4 is 5.73 Å². The third-order valence-electron chi connectivity index (χ3n) is 3.18. The molecule has 0 heterocycles. The van der Waals surface area contributed by atoms with Crippen molar-refractivity contribution >= 4 is 5.97 Å². The maximum atomic E-state index is 13.2. The maximum Gasteiger partial charge on any atom is 0.416 e. The fourth-order valence-corrected chi connectivity index (χ4v) is 2.11. The highest BCUT2D eigenvalue weighted by molar-refractivity contribution is 5.71. The number of carbonyl (C=O) groups is 1. The van der Waals surface area contributed by atoms with E-state index in [4.69, 9.17) is 5.73 Å². The van der Waals surface area contributed by atoms with Crippen molar-refractivity contribution in [3.05, 3.63) is 35.4 Å². The predicted octanol–water partition coefficient (Wildman–Crippen LogP) is 3.78. The highest BCUT2D eigenvalue weighted by Gasteiger charge is 2.35. The zero-order valence-electron chi connectivity index (χ0n) is 12.2. The number of nitrogens with two attached hydrogens (primary N) is 1. The molecule has 2 atom stereocenters. The molecule has 0 radical (unpaired) electrons. The average molecular weight is 321 g/mol. The van der Waals surface area contributed by atoms with Gasteiger partial charge in [0.25, 0.3) is 0 Å². The number of hydrogen-bond donors (Lipinski definition) is 1. The highest BCUT2D eigenvalue weighted by Crippen LogP contribution is 2.36. The molecule has 0 bridgehead atoms. The Morgan fingerprint density at radius 3 is 2.50 bits per heavy atom. The van der Waals surface area contributed by atoms with Crippen LogP contribution in [-0.4, -0.2) is 18.9 Å². The molecule has 1 rings (SSSR count). The van der Waals surface area contributed by atoms with Crippen LogP contribution >= 0.6 is 0 Å². The van der Waals surface area contributed by atoms with Crippen molar-refractivity contribution < 1.29 is 27.1 Å². The van der Waals surface area contributed by atoms with E-state index in [1.807, 2.05) is 0 Å². The largest absolute Gasteiger partial charge is 0.431 e. The minimum absolute atomic E-state index is 0.0537. The molecule has 0 aliphatic heterocycles. The Labute approximate surface area is 126 Å². The van der Waals surface area contributed by atoms with E-state index in [-0.39, 0.29) is 18.5 Å². The molecule has 22 heavy (non-hydrogen) atoms. The Hall–Kier alpha value is -1.63. The van der Waals surface area contributed by atoms with E-state index < -0.39 is 36.4 Å². The van der Waals surface area contributed by atoms with E-state index in [0.717, 1.165) is 6.07 Å². The van der Waals surface area contributed by atoms with Crippen LogP contribution in [0.4, 0.5) is 17.6 Å². The standard InChI is InChI=1S/C15H19F4NO2/c1-2-5-13(16)22-14(21)8-10(9-20)11-6-3-4-7-12(11)15(17,18)19/h3-4,6-7,10,13H,2,5,8-9,20H2,1H3. The fraction of sp³-hybridized carbons (Fsp3) is 0.533. The number of alkyl halides is 4. The average Bonchev–Trinajstić information content (AvgIpc) is 2.44. The summed E-state index contributed by atoms with van der Waals surface area (Å²) in [6, 6.07) is 4.90. The Morgan fingerprint density at radius 2 is 1.95 bits per heavy atom. The van der Waals surface area contributed by atoms with Gasteiger partial charge in [-0.1, -0.05) is 25.1 Å². The van der Waals surface area contributed by atoms with E-state index in [0.29, 0.717) is 6.42 Å². The van der Waals surface area contributed by atoms with Crippen LogP contribution in [0.15, 0.2) is 24.3 Å². The summed E-state index contributed by atoms with van der Waals surface area (Å²) in [6.07, 6.45) is -6.13. The Morgan fingerprint density at radius 1 is 1.32 bits per heavy atom. The van der Waals surface area contributed by atoms with Gasteiger partial charge in [0.05, 0.1) is 12.0 Å². The van der Waals surface area contributed by atoms with Crippen LogP contribution in [0, 0.1) is 0 Å². The molecule has 7 heteroatoms. The van der Waals surface area contributed by atoms with E-state index >= 15 is 0 Å². The fourth-order valence-electron chi connectivity index (χ4n) is 2.11. The number of hydrogen-bond acceptors (Lipinski definition) is 3. The summed E-state index contributed by atoms with van der Waals surface area (Å²) >= 11 is 0. The van der Waals surface area contributed by atoms with Gasteiger partial charge in [0.2, 0.25) is 6.36 Å². The summed E-state index contributed by atoms with van der Waals surface area (Å²) in [7, 11) is 0. The summed E-state index contributed by atoms with van der Waals surface area (Å²) in [6.45, 7) is 1.55. The zero-order chi connectivity index (χ0) is 16.8. The Bertz CT molecular complexity index is 491. The minimum atomic E-state index is -4.54. The predicted molar refractivity (Wildman–Crippen MR) is 73.8 cm³/mol. The van der Waals surface area contributed by atoms with E-state index in [2.05, 4.69) is 4.74 Å². The first-order valence-corrected chi connectivity index (χ1v) is 6.99. The number of rotatable bonds is 7. The van der Waals surface area contributed by atoms with Crippen molar-refractivity contribution in [2.75, 3.05) is 6.54 Å². The molecule has 2 unspecified atom stereocenters. The van der Waals surface area contributed by atoms with Gasteiger partial charge in [-0.2, -0.15) is 13.2 Å². The number of benzene rings is 1. The molecular formula is C15H19F4NO2. The van der Waals surface area contributed by atoms with Gasteiger partial charge < -0.3 is 10.5 Å². The summed E-state index contributed by atoms with van der Waals surface area (Å²) in [5.41, 5.74) is 4.56. The topological polar surface area (TPSA) is 52.3 Å². The van der Waals surface area contributed by atoms with Crippen LogP contribution in [-0.2, 0) is 15.7 Å². The molecule has 2 N–H and O–H groups in total. The summed E-state index contributed by atoms with van der Waals surface area (Å²) in [4.78, 5) is 11.6. The second-order valence-electron chi connectivity index (χ2n) is 4.91. The Balaban J connectivity index is 2.87. The summed E-state index contributed by atoms with van der Waals surface area (Å²) in [5, 5.41) is 0. The summed E-state index contributed by atoms with van der Waals surface area (Å²) in [5.74, 6) is -1.77. The lowest BCUT2D eigenvalue weighted by Gasteiger charge is -2.20. The number of carbonyl (C=O) groups excluding carboxylic acids is 1. The number of ether oxygens (including phenoxy) is 1.